The van der Waals surface area contributed by atoms with Crippen LogP contribution in [0.3, 0.4) is 0 Å². The first-order valence-corrected chi connectivity index (χ1v) is 6.59. The van der Waals surface area contributed by atoms with Crippen molar-refractivity contribution < 1.29 is 4.79 Å². The van der Waals surface area contributed by atoms with Gasteiger partial charge in [0.15, 0.2) is 0 Å². The van der Waals surface area contributed by atoms with Crippen LogP contribution in [0.2, 0.25) is 0 Å². The Kier molecular flexibility index (Phi) is 5.86. The average Bonchev–Trinajstić information content (AvgIpc) is 2.27. The third-order valence-electron chi connectivity index (χ3n) is 3.19. The summed E-state index contributed by atoms with van der Waals surface area (Å²) < 4.78 is 0. The fourth-order valence-electron chi connectivity index (χ4n) is 2.16. The molecule has 0 aromatic heterocycles. The molecule has 0 saturated heterocycles. The summed E-state index contributed by atoms with van der Waals surface area (Å²) in [7, 11) is 0. The third kappa shape index (κ3) is 4.88. The zero-order valence-electron chi connectivity index (χ0n) is 11.6. The molecule has 1 aromatic rings. The molecule has 0 aliphatic carbocycles. The van der Waals surface area contributed by atoms with Gasteiger partial charge in [-0.1, -0.05) is 23.8 Å². The van der Waals surface area contributed by atoms with E-state index in [0.717, 1.165) is 19.4 Å². The summed E-state index contributed by atoms with van der Waals surface area (Å²) in [5.74, 6) is -0.211. The highest BCUT2D eigenvalue weighted by Gasteiger charge is 2.07. The van der Waals surface area contributed by atoms with Gasteiger partial charge in [-0.3, -0.25) is 4.79 Å². The van der Waals surface area contributed by atoms with E-state index in [-0.39, 0.29) is 5.91 Å². The predicted octanol–water partition coefficient (Wildman–Crippen LogP) is 2.61. The molecule has 0 radical (unpaired) electrons. The number of unbranched alkanes of at least 4 members (excludes halogenated alkanes) is 1. The molecule has 0 heterocycles. The maximum absolute atomic E-state index is 10.6. The molecular formula is C15H24N2O. The van der Waals surface area contributed by atoms with Crippen molar-refractivity contribution in [3.05, 3.63) is 34.9 Å². The fourth-order valence-corrected chi connectivity index (χ4v) is 2.16. The molecule has 0 fully saturated rings. The standard InChI is InChI=1S/C15H24N2O/c1-11-7-8-14(12(2)10-11)13(3)17-9-5-4-6-15(16)18/h7-8,10,13,17H,4-6,9H2,1-3H3,(H2,16,18). The first-order valence-electron chi connectivity index (χ1n) is 6.59. The second kappa shape index (κ2) is 7.17. The topological polar surface area (TPSA) is 55.1 Å². The maximum Gasteiger partial charge on any atom is 0.217 e. The monoisotopic (exact) mass is 248 g/mol. The normalized spacial score (nSPS) is 12.4. The van der Waals surface area contributed by atoms with Crippen LogP contribution >= 0.6 is 0 Å². The molecule has 1 aromatic carbocycles. The van der Waals surface area contributed by atoms with Crippen molar-refractivity contribution in [2.75, 3.05) is 6.54 Å². The van der Waals surface area contributed by atoms with E-state index < -0.39 is 0 Å². The summed E-state index contributed by atoms with van der Waals surface area (Å²) in [6.45, 7) is 7.35. The second-order valence-corrected chi connectivity index (χ2v) is 4.96. The number of carbonyl (C=O) groups excluding carboxylic acids is 1. The molecule has 18 heavy (non-hydrogen) atoms. The fraction of sp³-hybridized carbons (Fsp3) is 0.533. The Balaban J connectivity index is 2.36. The lowest BCUT2D eigenvalue weighted by molar-refractivity contribution is -0.118. The maximum atomic E-state index is 10.6. The van der Waals surface area contributed by atoms with Crippen LogP contribution in [0.5, 0.6) is 0 Å². The third-order valence-corrected chi connectivity index (χ3v) is 3.19. The molecule has 0 bridgehead atoms. The smallest absolute Gasteiger partial charge is 0.217 e. The van der Waals surface area contributed by atoms with Crippen molar-refractivity contribution >= 4 is 5.91 Å². The van der Waals surface area contributed by atoms with Crippen molar-refractivity contribution in [2.45, 2.75) is 46.1 Å². The Hall–Kier alpha value is -1.35. The molecule has 3 nitrogen and oxygen atoms in total. The SMILES string of the molecule is Cc1ccc(C(C)NCCCCC(N)=O)c(C)c1. The first-order chi connectivity index (χ1) is 8.50. The Labute approximate surface area is 110 Å². The van der Waals surface area contributed by atoms with Crippen LogP contribution in [-0.4, -0.2) is 12.5 Å². The van der Waals surface area contributed by atoms with Crippen molar-refractivity contribution in [3.63, 3.8) is 0 Å². The minimum Gasteiger partial charge on any atom is -0.370 e. The Morgan fingerprint density at radius 1 is 1.33 bits per heavy atom. The van der Waals surface area contributed by atoms with Gasteiger partial charge in [-0.2, -0.15) is 0 Å². The van der Waals surface area contributed by atoms with Crippen LogP contribution in [-0.2, 0) is 4.79 Å². The van der Waals surface area contributed by atoms with Gasteiger partial charge >= 0.3 is 0 Å². The zero-order valence-corrected chi connectivity index (χ0v) is 11.6. The summed E-state index contributed by atoms with van der Waals surface area (Å²) in [6, 6.07) is 6.89. The van der Waals surface area contributed by atoms with Gasteiger partial charge < -0.3 is 11.1 Å². The Bertz CT molecular complexity index is 401. The van der Waals surface area contributed by atoms with E-state index in [2.05, 4.69) is 44.3 Å². The minimum absolute atomic E-state index is 0.211. The van der Waals surface area contributed by atoms with E-state index in [0.29, 0.717) is 12.5 Å². The number of carbonyl (C=O) groups is 1. The van der Waals surface area contributed by atoms with E-state index in [9.17, 15) is 4.79 Å². The minimum atomic E-state index is -0.211. The number of nitrogens with two attached hydrogens (primary N) is 1. The number of primary amides is 1. The van der Waals surface area contributed by atoms with Gasteiger partial charge in [0.05, 0.1) is 0 Å². The summed E-state index contributed by atoms with van der Waals surface area (Å²) >= 11 is 0. The van der Waals surface area contributed by atoms with E-state index in [1.165, 1.54) is 16.7 Å². The lowest BCUT2D eigenvalue weighted by atomic mass is 10.0. The van der Waals surface area contributed by atoms with Crippen molar-refractivity contribution in [3.8, 4) is 0 Å². The lowest BCUT2D eigenvalue weighted by Crippen LogP contribution is -2.21. The van der Waals surface area contributed by atoms with Gasteiger partial charge in [0.2, 0.25) is 5.91 Å². The molecule has 1 atom stereocenters. The summed E-state index contributed by atoms with van der Waals surface area (Å²) in [4.78, 5) is 10.6. The second-order valence-electron chi connectivity index (χ2n) is 4.96. The summed E-state index contributed by atoms with van der Waals surface area (Å²) in [5, 5.41) is 3.48. The van der Waals surface area contributed by atoms with Crippen molar-refractivity contribution in [2.24, 2.45) is 5.73 Å². The van der Waals surface area contributed by atoms with Crippen LogP contribution in [0.15, 0.2) is 18.2 Å². The Morgan fingerprint density at radius 2 is 2.06 bits per heavy atom. The van der Waals surface area contributed by atoms with Gasteiger partial charge in [0.1, 0.15) is 0 Å². The molecule has 1 amide bonds. The molecule has 0 aliphatic rings. The zero-order chi connectivity index (χ0) is 13.5. The van der Waals surface area contributed by atoms with Gasteiger partial charge in [-0.05, 0) is 51.3 Å². The largest absolute Gasteiger partial charge is 0.370 e. The summed E-state index contributed by atoms with van der Waals surface area (Å²) in [6.07, 6.45) is 2.33. The van der Waals surface area contributed by atoms with Crippen LogP contribution in [0.1, 0.15) is 48.9 Å². The van der Waals surface area contributed by atoms with Crippen molar-refractivity contribution in [1.29, 1.82) is 0 Å². The molecule has 0 saturated carbocycles. The number of hydrogen-bond donors (Lipinski definition) is 2. The number of rotatable bonds is 7. The molecule has 3 N–H and O–H groups in total. The van der Waals surface area contributed by atoms with Crippen LogP contribution < -0.4 is 11.1 Å². The molecule has 1 rings (SSSR count). The predicted molar refractivity (Wildman–Crippen MR) is 75.4 cm³/mol. The van der Waals surface area contributed by atoms with E-state index in [1.807, 2.05) is 0 Å². The Morgan fingerprint density at radius 3 is 2.67 bits per heavy atom. The van der Waals surface area contributed by atoms with Gasteiger partial charge in [0, 0.05) is 12.5 Å². The number of nitrogens with one attached hydrogen (secondary N) is 1. The lowest BCUT2D eigenvalue weighted by Gasteiger charge is -2.17. The van der Waals surface area contributed by atoms with Gasteiger partial charge in [-0.15, -0.1) is 0 Å². The average molecular weight is 248 g/mol. The van der Waals surface area contributed by atoms with E-state index in [4.69, 9.17) is 5.73 Å². The van der Waals surface area contributed by atoms with Crippen LogP contribution in [0.4, 0.5) is 0 Å². The number of hydrogen-bond acceptors (Lipinski definition) is 2. The first kappa shape index (κ1) is 14.7. The van der Waals surface area contributed by atoms with E-state index >= 15 is 0 Å². The van der Waals surface area contributed by atoms with Crippen LogP contribution in [0, 0.1) is 13.8 Å². The quantitative estimate of drug-likeness (QED) is 0.729. The number of aryl methyl sites for hydroxylation is 2. The van der Waals surface area contributed by atoms with E-state index in [1.54, 1.807) is 0 Å². The van der Waals surface area contributed by atoms with Gasteiger partial charge in [-0.25, -0.2) is 0 Å². The molecule has 0 spiro atoms. The molecular weight excluding hydrogens is 224 g/mol. The van der Waals surface area contributed by atoms with Gasteiger partial charge in [0.25, 0.3) is 0 Å². The number of benzene rings is 1. The molecule has 1 unspecified atom stereocenters. The summed E-state index contributed by atoms with van der Waals surface area (Å²) in [5.41, 5.74) is 9.07. The highest BCUT2D eigenvalue weighted by atomic mass is 16.1. The molecule has 3 heteroatoms. The molecule has 0 aliphatic heterocycles. The van der Waals surface area contributed by atoms with Crippen LogP contribution in [0.25, 0.3) is 0 Å². The van der Waals surface area contributed by atoms with Crippen molar-refractivity contribution in [1.82, 2.24) is 5.32 Å². The highest BCUT2D eigenvalue weighted by Crippen LogP contribution is 2.18. The number of amides is 1. The molecule has 100 valence electrons. The highest BCUT2D eigenvalue weighted by molar-refractivity contribution is 5.73.